The second-order valence-electron chi connectivity index (χ2n) is 7.17. The zero-order valence-electron chi connectivity index (χ0n) is 16.1. The maximum absolute atomic E-state index is 13.8. The van der Waals surface area contributed by atoms with E-state index in [1.54, 1.807) is 12.1 Å². The van der Waals surface area contributed by atoms with E-state index in [2.05, 4.69) is 27.3 Å². The first-order chi connectivity index (χ1) is 13.6. The number of H-pyrrole nitrogens is 1. The number of aromatic nitrogens is 1. The average Bonchev–Trinajstić information content (AvgIpc) is 3.05. The number of rotatable bonds is 7. The lowest BCUT2D eigenvalue weighted by Gasteiger charge is -2.16. The number of nitrogens with one attached hydrogen (secondary N) is 2. The Morgan fingerprint density at radius 1 is 1.00 bits per heavy atom. The molecule has 2 N–H and O–H groups in total. The first kappa shape index (κ1) is 18.3. The van der Waals surface area contributed by atoms with Gasteiger partial charge in [-0.05, 0) is 50.0 Å². The Balaban J connectivity index is 1.73. The van der Waals surface area contributed by atoms with E-state index in [1.807, 2.05) is 44.4 Å². The average molecular weight is 377 g/mol. The zero-order chi connectivity index (χ0) is 19.5. The van der Waals surface area contributed by atoms with Gasteiger partial charge in [0.15, 0.2) is 5.75 Å². The molecule has 1 heterocycles. The predicted octanol–water partition coefficient (Wildman–Crippen LogP) is 5.01. The van der Waals surface area contributed by atoms with Crippen LogP contribution in [0.25, 0.3) is 21.8 Å². The van der Waals surface area contributed by atoms with Crippen LogP contribution in [0.1, 0.15) is 5.56 Å². The molecule has 4 aromatic rings. The van der Waals surface area contributed by atoms with Crippen LogP contribution in [-0.2, 0) is 6.54 Å². The molecule has 0 radical (unpaired) electrons. The van der Waals surface area contributed by atoms with Crippen molar-refractivity contribution in [3.63, 3.8) is 0 Å². The first-order valence-electron chi connectivity index (χ1n) is 9.41. The van der Waals surface area contributed by atoms with Crippen molar-refractivity contribution in [1.82, 2.24) is 9.88 Å². The van der Waals surface area contributed by atoms with Gasteiger partial charge in [-0.3, -0.25) is 0 Å². The number of fused-ring (bicyclic) bond motifs is 3. The first-order valence-corrected chi connectivity index (χ1v) is 9.41. The molecule has 0 bridgehead atoms. The number of anilines is 1. The monoisotopic (exact) mass is 377 g/mol. The van der Waals surface area contributed by atoms with E-state index in [0.717, 1.165) is 39.8 Å². The van der Waals surface area contributed by atoms with Gasteiger partial charge in [-0.25, -0.2) is 4.39 Å². The van der Waals surface area contributed by atoms with Crippen molar-refractivity contribution in [2.75, 3.05) is 32.6 Å². The number of halogens is 1. The molecule has 1 aromatic heterocycles. The number of hydrogen-bond donors (Lipinski definition) is 2. The lowest BCUT2D eigenvalue weighted by molar-refractivity contribution is 0.264. The van der Waals surface area contributed by atoms with Gasteiger partial charge in [-0.2, -0.15) is 0 Å². The zero-order valence-corrected chi connectivity index (χ0v) is 16.1. The Morgan fingerprint density at radius 2 is 1.82 bits per heavy atom. The quantitative estimate of drug-likeness (QED) is 0.475. The third-order valence-corrected chi connectivity index (χ3v) is 4.80. The van der Waals surface area contributed by atoms with Crippen molar-refractivity contribution in [2.45, 2.75) is 6.54 Å². The second-order valence-corrected chi connectivity index (χ2v) is 7.17. The largest absolute Gasteiger partial charge is 0.488 e. The fraction of sp³-hybridized carbons (Fsp3) is 0.217. The van der Waals surface area contributed by atoms with Crippen molar-refractivity contribution < 1.29 is 9.13 Å². The van der Waals surface area contributed by atoms with Crippen molar-refractivity contribution >= 4 is 27.5 Å². The molecule has 0 saturated heterocycles. The summed E-state index contributed by atoms with van der Waals surface area (Å²) in [5.41, 5.74) is 3.90. The van der Waals surface area contributed by atoms with Crippen LogP contribution in [0.5, 0.6) is 5.75 Å². The Labute approximate surface area is 163 Å². The number of nitrogens with zero attached hydrogens (tertiary/aromatic N) is 1. The lowest BCUT2D eigenvalue weighted by Crippen LogP contribution is -2.19. The van der Waals surface area contributed by atoms with Gasteiger partial charge in [-0.15, -0.1) is 0 Å². The molecule has 0 spiro atoms. The van der Waals surface area contributed by atoms with Crippen LogP contribution in [0, 0.1) is 5.82 Å². The van der Waals surface area contributed by atoms with Crippen LogP contribution in [0.2, 0.25) is 0 Å². The molecule has 4 rings (SSSR count). The molecule has 0 saturated carbocycles. The third-order valence-electron chi connectivity index (χ3n) is 4.80. The number of likely N-dealkylation sites (N-methyl/N-ethyl adjacent to an activating group) is 1. The van der Waals surface area contributed by atoms with E-state index in [0.29, 0.717) is 13.2 Å². The SMILES string of the molecule is CN(C)CCOc1c(NCc2ccccc2)ccc2c1[nH]c1ccc(F)cc12. The van der Waals surface area contributed by atoms with Crippen molar-refractivity contribution in [1.29, 1.82) is 0 Å². The molecule has 0 atom stereocenters. The van der Waals surface area contributed by atoms with Crippen LogP contribution in [0.3, 0.4) is 0 Å². The van der Waals surface area contributed by atoms with Crippen molar-refractivity contribution in [3.05, 3.63) is 72.0 Å². The molecule has 4 nitrogen and oxygen atoms in total. The van der Waals surface area contributed by atoms with E-state index in [1.165, 1.54) is 11.6 Å². The fourth-order valence-corrected chi connectivity index (χ4v) is 3.33. The van der Waals surface area contributed by atoms with Crippen molar-refractivity contribution in [3.8, 4) is 5.75 Å². The minimum absolute atomic E-state index is 0.241. The molecular weight excluding hydrogens is 353 g/mol. The maximum Gasteiger partial charge on any atom is 0.166 e. The summed E-state index contributed by atoms with van der Waals surface area (Å²) in [6, 6.07) is 19.1. The molecule has 3 aromatic carbocycles. The van der Waals surface area contributed by atoms with E-state index in [4.69, 9.17) is 4.74 Å². The highest BCUT2D eigenvalue weighted by Crippen LogP contribution is 2.37. The van der Waals surface area contributed by atoms with E-state index >= 15 is 0 Å². The molecule has 0 aliphatic carbocycles. The molecule has 0 fully saturated rings. The molecule has 5 heteroatoms. The summed E-state index contributed by atoms with van der Waals surface area (Å²) in [6.45, 7) is 2.07. The normalized spacial score (nSPS) is 11.4. The van der Waals surface area contributed by atoms with Gasteiger partial charge >= 0.3 is 0 Å². The number of ether oxygens (including phenoxy) is 1. The van der Waals surface area contributed by atoms with Crippen LogP contribution in [-0.4, -0.2) is 37.1 Å². The van der Waals surface area contributed by atoms with Gasteiger partial charge < -0.3 is 19.9 Å². The Bertz CT molecular complexity index is 1090. The van der Waals surface area contributed by atoms with Gasteiger partial charge in [-0.1, -0.05) is 30.3 Å². The lowest BCUT2D eigenvalue weighted by atomic mass is 10.1. The minimum atomic E-state index is -0.241. The van der Waals surface area contributed by atoms with Gasteiger partial charge in [0, 0.05) is 29.4 Å². The third kappa shape index (κ3) is 3.80. The summed E-state index contributed by atoms with van der Waals surface area (Å²) in [6.07, 6.45) is 0. The van der Waals surface area contributed by atoms with E-state index < -0.39 is 0 Å². The van der Waals surface area contributed by atoms with E-state index in [-0.39, 0.29) is 5.82 Å². The topological polar surface area (TPSA) is 40.3 Å². The highest BCUT2D eigenvalue weighted by Gasteiger charge is 2.14. The molecule has 28 heavy (non-hydrogen) atoms. The van der Waals surface area contributed by atoms with Crippen LogP contribution < -0.4 is 10.1 Å². The Morgan fingerprint density at radius 3 is 2.61 bits per heavy atom. The van der Waals surface area contributed by atoms with Crippen LogP contribution in [0.15, 0.2) is 60.7 Å². The standard InChI is InChI=1S/C23H24FN3O/c1-27(2)12-13-28-23-21(25-15-16-6-4-3-5-7-16)11-9-18-19-14-17(24)8-10-20(19)26-22(18)23/h3-11,14,25-26H,12-13,15H2,1-2H3. The summed E-state index contributed by atoms with van der Waals surface area (Å²) < 4.78 is 19.9. The minimum Gasteiger partial charge on any atom is -0.488 e. The summed E-state index contributed by atoms with van der Waals surface area (Å²) in [5.74, 6) is 0.529. The van der Waals surface area contributed by atoms with Gasteiger partial charge in [0.1, 0.15) is 12.4 Å². The van der Waals surface area contributed by atoms with E-state index in [9.17, 15) is 4.39 Å². The van der Waals surface area contributed by atoms with Crippen LogP contribution in [0.4, 0.5) is 10.1 Å². The van der Waals surface area contributed by atoms with Gasteiger partial charge in [0.25, 0.3) is 0 Å². The van der Waals surface area contributed by atoms with Crippen molar-refractivity contribution in [2.24, 2.45) is 0 Å². The summed E-state index contributed by atoms with van der Waals surface area (Å²) in [5, 5.41) is 5.30. The smallest absolute Gasteiger partial charge is 0.166 e. The Kier molecular flexibility index (Phi) is 5.17. The number of aromatic amines is 1. The van der Waals surface area contributed by atoms with Gasteiger partial charge in [0.2, 0.25) is 0 Å². The molecule has 0 aliphatic heterocycles. The molecule has 0 amide bonds. The summed E-state index contributed by atoms with van der Waals surface area (Å²) in [7, 11) is 4.04. The van der Waals surface area contributed by atoms with Gasteiger partial charge in [0.05, 0.1) is 11.2 Å². The molecule has 144 valence electrons. The number of hydrogen-bond acceptors (Lipinski definition) is 3. The Hall–Kier alpha value is -3.05. The highest BCUT2D eigenvalue weighted by molar-refractivity contribution is 6.10. The highest BCUT2D eigenvalue weighted by atomic mass is 19.1. The summed E-state index contributed by atoms with van der Waals surface area (Å²) >= 11 is 0. The molecule has 0 unspecified atom stereocenters. The fourth-order valence-electron chi connectivity index (χ4n) is 3.33. The second kappa shape index (κ2) is 7.90. The molecular formula is C23H24FN3O. The maximum atomic E-state index is 13.8. The van der Waals surface area contributed by atoms with Crippen LogP contribution >= 0.6 is 0 Å². The summed E-state index contributed by atoms with van der Waals surface area (Å²) in [4.78, 5) is 5.49. The predicted molar refractivity (Wildman–Crippen MR) is 114 cm³/mol. The number of benzene rings is 3. The molecule has 0 aliphatic rings.